The molecule has 0 saturated carbocycles. The van der Waals surface area contributed by atoms with Crippen LogP contribution in [0.15, 0.2) is 36.4 Å². The third kappa shape index (κ3) is 5.38. The largest absolute Gasteiger partial charge is 0.496 e. The zero-order chi connectivity index (χ0) is 18.4. The van der Waals surface area contributed by atoms with Crippen LogP contribution < -0.4 is 10.1 Å². The van der Waals surface area contributed by atoms with E-state index < -0.39 is 0 Å². The smallest absolute Gasteiger partial charge is 0.220 e. The predicted molar refractivity (Wildman–Crippen MR) is 104 cm³/mol. The number of carbonyl (C=O) groups excluding carboxylic acids is 1. The van der Waals surface area contributed by atoms with Crippen LogP contribution in [0.3, 0.4) is 0 Å². The Balaban J connectivity index is 1.98. The van der Waals surface area contributed by atoms with Crippen molar-refractivity contribution in [2.24, 2.45) is 0 Å². The summed E-state index contributed by atoms with van der Waals surface area (Å²) in [6.07, 6.45) is 1.78. The van der Waals surface area contributed by atoms with Gasteiger partial charge >= 0.3 is 0 Å². The van der Waals surface area contributed by atoms with Crippen LogP contribution in [0.4, 0.5) is 0 Å². The zero-order valence-corrected chi connectivity index (χ0v) is 16.2. The highest BCUT2D eigenvalue weighted by atomic mass is 35.5. The molecule has 0 unspecified atom stereocenters. The number of amides is 1. The van der Waals surface area contributed by atoms with E-state index in [1.807, 2.05) is 25.1 Å². The molecule has 25 heavy (non-hydrogen) atoms. The Hall–Kier alpha value is -1.71. The number of hydrogen-bond donors (Lipinski definition) is 1. The summed E-state index contributed by atoms with van der Waals surface area (Å²) in [5.41, 5.74) is 3.06. The number of rotatable bonds is 7. The maximum atomic E-state index is 12.3. The lowest BCUT2D eigenvalue weighted by Crippen LogP contribution is -2.28. The van der Waals surface area contributed by atoms with Gasteiger partial charge in [0.05, 0.1) is 13.2 Å². The molecule has 2 rings (SSSR count). The maximum Gasteiger partial charge on any atom is 0.220 e. The first-order valence-corrected chi connectivity index (χ1v) is 9.08. The second-order valence-corrected chi connectivity index (χ2v) is 6.84. The van der Waals surface area contributed by atoms with Gasteiger partial charge in [-0.15, -0.1) is 0 Å². The summed E-state index contributed by atoms with van der Waals surface area (Å²) in [6.45, 7) is 4.06. The third-order valence-electron chi connectivity index (χ3n) is 4.20. The molecule has 3 nitrogen and oxygen atoms in total. The Morgan fingerprint density at radius 2 is 1.96 bits per heavy atom. The molecule has 1 N–H and O–H groups in total. The molecule has 0 aliphatic heterocycles. The van der Waals surface area contributed by atoms with Crippen molar-refractivity contribution in [3.63, 3.8) is 0 Å². The van der Waals surface area contributed by atoms with Crippen LogP contribution in [0, 0.1) is 6.92 Å². The Labute approximate surface area is 159 Å². The average Bonchev–Trinajstić information content (AvgIpc) is 2.58. The molecule has 0 saturated heterocycles. The van der Waals surface area contributed by atoms with E-state index in [0.29, 0.717) is 22.9 Å². The number of halogens is 2. The highest BCUT2D eigenvalue weighted by Gasteiger charge is 2.14. The summed E-state index contributed by atoms with van der Waals surface area (Å²) in [7, 11) is 1.66. The van der Waals surface area contributed by atoms with Crippen molar-refractivity contribution in [2.75, 3.05) is 7.11 Å². The van der Waals surface area contributed by atoms with Gasteiger partial charge in [0.2, 0.25) is 5.91 Å². The van der Waals surface area contributed by atoms with Gasteiger partial charge in [0.1, 0.15) is 5.75 Å². The fourth-order valence-corrected chi connectivity index (χ4v) is 3.28. The second-order valence-electron chi connectivity index (χ2n) is 5.99. The first-order valence-electron chi connectivity index (χ1n) is 8.32. The van der Waals surface area contributed by atoms with E-state index in [1.165, 1.54) is 0 Å². The van der Waals surface area contributed by atoms with E-state index >= 15 is 0 Å². The van der Waals surface area contributed by atoms with Crippen LogP contribution in [0.1, 0.15) is 42.5 Å². The zero-order valence-electron chi connectivity index (χ0n) is 14.7. The van der Waals surface area contributed by atoms with Gasteiger partial charge in [-0.05, 0) is 54.7 Å². The quantitative estimate of drug-likeness (QED) is 0.688. The summed E-state index contributed by atoms with van der Waals surface area (Å²) in [5.74, 6) is 0.855. The maximum absolute atomic E-state index is 12.3. The Morgan fingerprint density at radius 3 is 2.56 bits per heavy atom. The molecular formula is C20H23Cl2NO2. The first kappa shape index (κ1) is 19.6. The van der Waals surface area contributed by atoms with Gasteiger partial charge in [-0.1, -0.05) is 48.3 Å². The highest BCUT2D eigenvalue weighted by Crippen LogP contribution is 2.25. The van der Waals surface area contributed by atoms with Gasteiger partial charge in [-0.25, -0.2) is 0 Å². The fraction of sp³-hybridized carbons (Fsp3) is 0.350. The molecule has 0 aromatic heterocycles. The molecule has 0 heterocycles. The van der Waals surface area contributed by atoms with E-state index in [0.717, 1.165) is 28.9 Å². The van der Waals surface area contributed by atoms with E-state index in [4.69, 9.17) is 27.9 Å². The minimum atomic E-state index is -0.0159. The van der Waals surface area contributed by atoms with Crippen molar-refractivity contribution in [3.8, 4) is 5.75 Å². The summed E-state index contributed by atoms with van der Waals surface area (Å²) in [6, 6.07) is 11.3. The molecule has 134 valence electrons. The number of nitrogens with one attached hydrogen (secondary N) is 1. The minimum absolute atomic E-state index is 0.00587. The standard InChI is InChI=1S/C20H23Cl2NO2/c1-4-18(15-6-9-19(25-3)13(2)11-15)23-20(24)10-7-14-5-8-16(21)12-17(14)22/h5-6,8-9,11-12,18H,4,7,10H2,1-3H3,(H,23,24)/t18-/m0/s1. The normalized spacial score (nSPS) is 11.9. The molecule has 5 heteroatoms. The van der Waals surface area contributed by atoms with Crippen molar-refractivity contribution in [3.05, 3.63) is 63.1 Å². The molecule has 0 bridgehead atoms. The van der Waals surface area contributed by atoms with E-state index in [2.05, 4.69) is 18.3 Å². The minimum Gasteiger partial charge on any atom is -0.496 e. The van der Waals surface area contributed by atoms with Gasteiger partial charge in [0.15, 0.2) is 0 Å². The van der Waals surface area contributed by atoms with Crippen LogP contribution in [-0.2, 0) is 11.2 Å². The first-order chi connectivity index (χ1) is 11.9. The van der Waals surface area contributed by atoms with Crippen molar-refractivity contribution in [2.45, 2.75) is 39.2 Å². The van der Waals surface area contributed by atoms with Crippen LogP contribution >= 0.6 is 23.2 Å². The van der Waals surface area contributed by atoms with Crippen LogP contribution in [0.25, 0.3) is 0 Å². The lowest BCUT2D eigenvalue weighted by Gasteiger charge is -2.19. The van der Waals surface area contributed by atoms with E-state index in [-0.39, 0.29) is 11.9 Å². The lowest BCUT2D eigenvalue weighted by atomic mass is 10.0. The molecule has 2 aromatic carbocycles. The highest BCUT2D eigenvalue weighted by molar-refractivity contribution is 6.35. The summed E-state index contributed by atoms with van der Waals surface area (Å²) in [5, 5.41) is 4.29. The fourth-order valence-electron chi connectivity index (χ4n) is 2.78. The van der Waals surface area contributed by atoms with Crippen LogP contribution in [-0.4, -0.2) is 13.0 Å². The molecule has 0 aliphatic rings. The lowest BCUT2D eigenvalue weighted by molar-refractivity contribution is -0.121. The summed E-state index contributed by atoms with van der Waals surface area (Å²) >= 11 is 12.1. The predicted octanol–water partition coefficient (Wildman–Crippen LogP) is 5.51. The van der Waals surface area contributed by atoms with Crippen molar-refractivity contribution in [1.82, 2.24) is 5.32 Å². The SMILES string of the molecule is CC[C@H](NC(=O)CCc1ccc(Cl)cc1Cl)c1ccc(OC)c(C)c1. The third-order valence-corrected chi connectivity index (χ3v) is 4.79. The van der Waals surface area contributed by atoms with Gasteiger partial charge < -0.3 is 10.1 Å². The van der Waals surface area contributed by atoms with E-state index in [1.54, 1.807) is 19.2 Å². The molecule has 0 spiro atoms. The van der Waals surface area contributed by atoms with Crippen molar-refractivity contribution in [1.29, 1.82) is 0 Å². The number of hydrogen-bond acceptors (Lipinski definition) is 2. The monoisotopic (exact) mass is 379 g/mol. The van der Waals surface area contributed by atoms with Gasteiger partial charge in [-0.2, -0.15) is 0 Å². The van der Waals surface area contributed by atoms with E-state index in [9.17, 15) is 4.79 Å². The summed E-state index contributed by atoms with van der Waals surface area (Å²) < 4.78 is 5.29. The van der Waals surface area contributed by atoms with Gasteiger partial charge in [-0.3, -0.25) is 4.79 Å². The number of benzene rings is 2. The molecule has 0 fully saturated rings. The number of ether oxygens (including phenoxy) is 1. The molecule has 0 radical (unpaired) electrons. The van der Waals surface area contributed by atoms with Crippen LogP contribution in [0.5, 0.6) is 5.75 Å². The molecule has 1 amide bonds. The number of aryl methyl sites for hydroxylation is 2. The van der Waals surface area contributed by atoms with Crippen molar-refractivity contribution >= 4 is 29.1 Å². The Morgan fingerprint density at radius 1 is 1.20 bits per heavy atom. The van der Waals surface area contributed by atoms with Crippen molar-refractivity contribution < 1.29 is 9.53 Å². The average molecular weight is 380 g/mol. The van der Waals surface area contributed by atoms with Crippen LogP contribution in [0.2, 0.25) is 10.0 Å². The molecule has 0 aliphatic carbocycles. The molecular weight excluding hydrogens is 357 g/mol. The Kier molecular flexibility index (Phi) is 7.15. The molecule has 1 atom stereocenters. The summed E-state index contributed by atoms with van der Waals surface area (Å²) in [4.78, 5) is 12.3. The molecule has 2 aromatic rings. The Bertz CT molecular complexity index is 746. The van der Waals surface area contributed by atoms with Gasteiger partial charge in [0, 0.05) is 16.5 Å². The van der Waals surface area contributed by atoms with Gasteiger partial charge in [0.25, 0.3) is 0 Å². The second kappa shape index (κ2) is 9.12. The number of carbonyl (C=O) groups is 1. The topological polar surface area (TPSA) is 38.3 Å². The number of methoxy groups -OCH3 is 1.